The van der Waals surface area contributed by atoms with E-state index in [1.54, 1.807) is 6.92 Å². The quantitative estimate of drug-likeness (QED) is 0.798. The molecule has 0 spiro atoms. The average molecular weight is 291 g/mol. The highest BCUT2D eigenvalue weighted by atomic mass is 16.2. The molecule has 0 saturated carbocycles. The van der Waals surface area contributed by atoms with Crippen LogP contribution in [0.3, 0.4) is 0 Å². The SMILES string of the molecule is CC(=O)N1C2CCC1C1=C(CN=C1c1cccc(C#N)c1)C2. The Balaban J connectivity index is 1.76. The van der Waals surface area contributed by atoms with Gasteiger partial charge in [0, 0.05) is 24.1 Å². The Labute approximate surface area is 129 Å². The predicted molar refractivity (Wildman–Crippen MR) is 83.5 cm³/mol. The molecular formula is C18H17N3O. The lowest BCUT2D eigenvalue weighted by molar-refractivity contribution is -0.131. The molecule has 3 aliphatic rings. The summed E-state index contributed by atoms with van der Waals surface area (Å²) in [6.45, 7) is 2.42. The summed E-state index contributed by atoms with van der Waals surface area (Å²) < 4.78 is 0. The minimum Gasteiger partial charge on any atom is -0.333 e. The monoisotopic (exact) mass is 291 g/mol. The minimum atomic E-state index is 0.163. The zero-order chi connectivity index (χ0) is 15.3. The van der Waals surface area contributed by atoms with Crippen LogP contribution in [0.15, 0.2) is 40.4 Å². The first-order valence-electron chi connectivity index (χ1n) is 7.75. The summed E-state index contributed by atoms with van der Waals surface area (Å²) in [6, 6.07) is 10.3. The first kappa shape index (κ1) is 13.3. The molecule has 3 aliphatic heterocycles. The third-order valence-corrected chi connectivity index (χ3v) is 5.01. The zero-order valence-electron chi connectivity index (χ0n) is 12.5. The van der Waals surface area contributed by atoms with Gasteiger partial charge in [-0.3, -0.25) is 9.79 Å². The van der Waals surface area contributed by atoms with Crippen molar-refractivity contribution in [1.82, 2.24) is 4.90 Å². The van der Waals surface area contributed by atoms with Gasteiger partial charge in [0.05, 0.1) is 29.9 Å². The van der Waals surface area contributed by atoms with E-state index in [2.05, 4.69) is 6.07 Å². The van der Waals surface area contributed by atoms with Gasteiger partial charge in [0.15, 0.2) is 0 Å². The van der Waals surface area contributed by atoms with E-state index >= 15 is 0 Å². The fraction of sp³-hybridized carbons (Fsp3) is 0.389. The molecule has 1 amide bonds. The highest BCUT2D eigenvalue weighted by Crippen LogP contribution is 2.42. The van der Waals surface area contributed by atoms with Gasteiger partial charge in [-0.2, -0.15) is 5.26 Å². The first-order valence-corrected chi connectivity index (χ1v) is 7.75. The van der Waals surface area contributed by atoms with Crippen LogP contribution >= 0.6 is 0 Å². The summed E-state index contributed by atoms with van der Waals surface area (Å²) in [5.74, 6) is 0.163. The fourth-order valence-corrected chi connectivity index (χ4v) is 4.19. The molecule has 0 radical (unpaired) electrons. The molecular weight excluding hydrogens is 274 g/mol. The highest BCUT2D eigenvalue weighted by Gasteiger charge is 2.45. The van der Waals surface area contributed by atoms with E-state index in [0.29, 0.717) is 11.6 Å². The smallest absolute Gasteiger partial charge is 0.220 e. The van der Waals surface area contributed by atoms with E-state index in [-0.39, 0.29) is 11.9 Å². The molecule has 1 aromatic rings. The van der Waals surface area contributed by atoms with Crippen molar-refractivity contribution in [2.24, 2.45) is 4.99 Å². The van der Waals surface area contributed by atoms with E-state index in [0.717, 1.165) is 37.1 Å². The van der Waals surface area contributed by atoms with E-state index in [4.69, 9.17) is 10.3 Å². The van der Waals surface area contributed by atoms with Gasteiger partial charge in [0.1, 0.15) is 0 Å². The molecule has 2 bridgehead atoms. The number of carbonyl (C=O) groups is 1. The molecule has 0 aromatic heterocycles. The molecule has 4 rings (SSSR count). The van der Waals surface area contributed by atoms with E-state index in [1.165, 1.54) is 11.1 Å². The summed E-state index contributed by atoms with van der Waals surface area (Å²) in [7, 11) is 0. The standard InChI is InChI=1S/C18H17N3O/c1-11(22)21-15-5-6-16(21)17-14(8-15)10-20-18(17)13-4-2-3-12(7-13)9-19/h2-4,7,15-16H,5-6,8,10H2,1H3. The molecule has 2 unspecified atom stereocenters. The molecule has 22 heavy (non-hydrogen) atoms. The largest absolute Gasteiger partial charge is 0.333 e. The maximum Gasteiger partial charge on any atom is 0.220 e. The van der Waals surface area contributed by atoms with Crippen molar-refractivity contribution >= 4 is 11.6 Å². The molecule has 110 valence electrons. The molecule has 4 nitrogen and oxygen atoms in total. The molecule has 0 N–H and O–H groups in total. The maximum absolute atomic E-state index is 12.0. The van der Waals surface area contributed by atoms with Crippen LogP contribution < -0.4 is 0 Å². The normalized spacial score (nSPS) is 25.8. The molecule has 3 heterocycles. The molecule has 0 aliphatic carbocycles. The number of carbonyl (C=O) groups excluding carboxylic acids is 1. The number of nitriles is 1. The Kier molecular flexibility index (Phi) is 2.90. The lowest BCUT2D eigenvalue weighted by Gasteiger charge is -2.35. The van der Waals surface area contributed by atoms with Crippen LogP contribution in [0, 0.1) is 11.3 Å². The Hall–Kier alpha value is -2.41. The van der Waals surface area contributed by atoms with Gasteiger partial charge < -0.3 is 4.90 Å². The molecule has 1 aromatic carbocycles. The van der Waals surface area contributed by atoms with Crippen LogP contribution in [0.5, 0.6) is 0 Å². The van der Waals surface area contributed by atoms with Crippen molar-refractivity contribution in [1.29, 1.82) is 5.26 Å². The van der Waals surface area contributed by atoms with Crippen molar-refractivity contribution in [3.05, 3.63) is 46.5 Å². The van der Waals surface area contributed by atoms with Gasteiger partial charge in [-0.25, -0.2) is 0 Å². The van der Waals surface area contributed by atoms with Crippen molar-refractivity contribution in [3.8, 4) is 6.07 Å². The van der Waals surface area contributed by atoms with Gasteiger partial charge >= 0.3 is 0 Å². The second-order valence-corrected chi connectivity index (χ2v) is 6.25. The third-order valence-electron chi connectivity index (χ3n) is 5.01. The van der Waals surface area contributed by atoms with Crippen molar-refractivity contribution in [3.63, 3.8) is 0 Å². The second-order valence-electron chi connectivity index (χ2n) is 6.25. The van der Waals surface area contributed by atoms with Gasteiger partial charge in [-0.15, -0.1) is 0 Å². The topological polar surface area (TPSA) is 56.5 Å². The molecule has 2 atom stereocenters. The van der Waals surface area contributed by atoms with Crippen LogP contribution in [0.1, 0.15) is 37.3 Å². The van der Waals surface area contributed by atoms with Gasteiger partial charge in [-0.05, 0) is 37.0 Å². The summed E-state index contributed by atoms with van der Waals surface area (Å²) in [6.07, 6.45) is 3.07. The van der Waals surface area contributed by atoms with E-state index in [1.807, 2.05) is 29.2 Å². The lowest BCUT2D eigenvalue weighted by atomic mass is 9.89. The fourth-order valence-electron chi connectivity index (χ4n) is 4.19. The van der Waals surface area contributed by atoms with Gasteiger partial charge in [-0.1, -0.05) is 12.1 Å². The number of rotatable bonds is 1. The number of fused-ring (bicyclic) bond motifs is 3. The van der Waals surface area contributed by atoms with Crippen molar-refractivity contribution < 1.29 is 4.79 Å². The van der Waals surface area contributed by atoms with Crippen LogP contribution in [-0.4, -0.2) is 35.1 Å². The third kappa shape index (κ3) is 1.82. The summed E-state index contributed by atoms with van der Waals surface area (Å²) in [5, 5.41) is 9.10. The number of hydrogen-bond donors (Lipinski definition) is 0. The second kappa shape index (κ2) is 4.81. The molecule has 1 fully saturated rings. The Morgan fingerprint density at radius 3 is 3.05 bits per heavy atom. The number of amides is 1. The number of hydrogen-bond acceptors (Lipinski definition) is 3. The minimum absolute atomic E-state index is 0.163. The van der Waals surface area contributed by atoms with Gasteiger partial charge in [0.2, 0.25) is 5.91 Å². The molecule has 1 saturated heterocycles. The summed E-state index contributed by atoms with van der Waals surface area (Å²) in [4.78, 5) is 18.8. The van der Waals surface area contributed by atoms with Crippen LogP contribution in [-0.2, 0) is 4.79 Å². The lowest BCUT2D eigenvalue weighted by Crippen LogP contribution is -2.45. The highest BCUT2D eigenvalue weighted by molar-refractivity contribution is 6.16. The summed E-state index contributed by atoms with van der Waals surface area (Å²) >= 11 is 0. The summed E-state index contributed by atoms with van der Waals surface area (Å²) in [5.41, 5.74) is 5.28. The maximum atomic E-state index is 12.0. The van der Waals surface area contributed by atoms with Gasteiger partial charge in [0.25, 0.3) is 0 Å². The first-order chi connectivity index (χ1) is 10.7. The number of nitrogens with zero attached hydrogens (tertiary/aromatic N) is 3. The molecule has 4 heteroatoms. The van der Waals surface area contributed by atoms with E-state index < -0.39 is 0 Å². The van der Waals surface area contributed by atoms with Crippen molar-refractivity contribution in [2.45, 2.75) is 38.3 Å². The Bertz CT molecular complexity index is 769. The average Bonchev–Trinajstić information content (AvgIpc) is 3.09. The Morgan fingerprint density at radius 1 is 1.41 bits per heavy atom. The predicted octanol–water partition coefficient (Wildman–Crippen LogP) is 2.44. The number of benzene rings is 1. The van der Waals surface area contributed by atoms with E-state index in [9.17, 15) is 4.79 Å². The Morgan fingerprint density at radius 2 is 2.27 bits per heavy atom. The van der Waals surface area contributed by atoms with Crippen LogP contribution in [0.2, 0.25) is 0 Å². The zero-order valence-corrected chi connectivity index (χ0v) is 12.5. The van der Waals surface area contributed by atoms with Crippen LogP contribution in [0.25, 0.3) is 0 Å². The van der Waals surface area contributed by atoms with Crippen LogP contribution in [0.4, 0.5) is 0 Å². The van der Waals surface area contributed by atoms with Crippen molar-refractivity contribution in [2.75, 3.05) is 6.54 Å². The number of aliphatic imine (C=N–C) groups is 1.